The number of ketones is 1. The van der Waals surface area contributed by atoms with Gasteiger partial charge < -0.3 is 10.0 Å². The summed E-state index contributed by atoms with van der Waals surface area (Å²) in [6, 6.07) is 18.0. The van der Waals surface area contributed by atoms with Gasteiger partial charge in [-0.25, -0.2) is 9.48 Å². The Bertz CT molecular complexity index is 1110. The molecule has 0 saturated heterocycles. The van der Waals surface area contributed by atoms with Gasteiger partial charge in [-0.1, -0.05) is 48.5 Å². The van der Waals surface area contributed by atoms with Crippen LogP contribution in [0.3, 0.4) is 0 Å². The van der Waals surface area contributed by atoms with E-state index >= 15 is 0 Å². The van der Waals surface area contributed by atoms with Gasteiger partial charge in [0.25, 0.3) is 5.56 Å². The molecule has 0 radical (unpaired) electrons. The second-order valence-electron chi connectivity index (χ2n) is 6.53. The van der Waals surface area contributed by atoms with Crippen molar-refractivity contribution in [3.8, 4) is 0 Å². The highest BCUT2D eigenvalue weighted by molar-refractivity contribution is 5.95. The normalized spacial score (nSPS) is 15.3. The van der Waals surface area contributed by atoms with E-state index in [1.165, 1.54) is 12.1 Å². The highest BCUT2D eigenvalue weighted by atomic mass is 16.4. The van der Waals surface area contributed by atoms with Gasteiger partial charge in [0.1, 0.15) is 12.6 Å². The van der Waals surface area contributed by atoms with Crippen molar-refractivity contribution in [2.24, 2.45) is 0 Å². The van der Waals surface area contributed by atoms with E-state index < -0.39 is 17.6 Å². The number of aliphatic carboxylic acids is 1. The molecule has 0 aliphatic carbocycles. The van der Waals surface area contributed by atoms with Crippen molar-refractivity contribution in [3.05, 3.63) is 88.2 Å². The number of carbonyl (C=O) groups excluding carboxylic acids is 1. The molecule has 28 heavy (non-hydrogen) atoms. The molecule has 1 unspecified atom stereocenters. The molecule has 1 aliphatic rings. The Morgan fingerprint density at radius 2 is 1.71 bits per heavy atom. The number of carbonyl (C=O) groups is 2. The maximum atomic E-state index is 12.5. The monoisotopic (exact) mass is 375 g/mol. The summed E-state index contributed by atoms with van der Waals surface area (Å²) in [4.78, 5) is 38.1. The zero-order valence-corrected chi connectivity index (χ0v) is 14.9. The van der Waals surface area contributed by atoms with E-state index in [0.29, 0.717) is 17.8 Å². The topological polar surface area (TPSA) is 92.5 Å². The van der Waals surface area contributed by atoms with E-state index in [9.17, 15) is 19.5 Å². The maximum Gasteiger partial charge on any atom is 0.327 e. The molecule has 1 atom stereocenters. The lowest BCUT2D eigenvalue weighted by Crippen LogP contribution is -2.37. The number of rotatable bonds is 5. The average molecular weight is 375 g/mol. The quantitative estimate of drug-likeness (QED) is 0.688. The molecular weight excluding hydrogens is 358 g/mol. The number of anilines is 2. The van der Waals surface area contributed by atoms with Crippen LogP contribution in [0.15, 0.2) is 71.5 Å². The molecule has 2 aromatic carbocycles. The van der Waals surface area contributed by atoms with Gasteiger partial charge in [0.2, 0.25) is 0 Å². The number of para-hydroxylation sites is 1. The molecule has 0 fully saturated rings. The van der Waals surface area contributed by atoms with Crippen LogP contribution in [0, 0.1) is 0 Å². The molecule has 1 aromatic heterocycles. The molecule has 2 heterocycles. The first-order valence-electron chi connectivity index (χ1n) is 8.81. The summed E-state index contributed by atoms with van der Waals surface area (Å²) < 4.78 is 1.07. The Hall–Kier alpha value is -3.74. The van der Waals surface area contributed by atoms with Crippen LogP contribution in [-0.4, -0.2) is 32.7 Å². The van der Waals surface area contributed by atoms with Crippen LogP contribution < -0.4 is 10.5 Å². The fourth-order valence-electron chi connectivity index (χ4n) is 3.40. The lowest BCUT2D eigenvalue weighted by molar-refractivity contribution is -0.138. The zero-order valence-electron chi connectivity index (χ0n) is 14.9. The second-order valence-corrected chi connectivity index (χ2v) is 6.53. The second kappa shape index (κ2) is 7.11. The highest BCUT2D eigenvalue weighted by Crippen LogP contribution is 2.37. The van der Waals surface area contributed by atoms with Gasteiger partial charge in [-0.15, -0.1) is 0 Å². The van der Waals surface area contributed by atoms with Gasteiger partial charge in [-0.3, -0.25) is 9.59 Å². The van der Waals surface area contributed by atoms with Crippen molar-refractivity contribution in [3.63, 3.8) is 0 Å². The van der Waals surface area contributed by atoms with Crippen LogP contribution >= 0.6 is 0 Å². The van der Waals surface area contributed by atoms with E-state index in [1.807, 2.05) is 24.3 Å². The summed E-state index contributed by atoms with van der Waals surface area (Å²) in [7, 11) is 0. The van der Waals surface area contributed by atoms with E-state index in [-0.39, 0.29) is 12.3 Å². The summed E-state index contributed by atoms with van der Waals surface area (Å²) >= 11 is 0. The van der Waals surface area contributed by atoms with Gasteiger partial charge in [-0.2, -0.15) is 5.10 Å². The van der Waals surface area contributed by atoms with Crippen LogP contribution in [0.2, 0.25) is 0 Å². The number of carboxylic acid groups (broad SMARTS) is 1. The van der Waals surface area contributed by atoms with Gasteiger partial charge in [-0.05, 0) is 17.7 Å². The Kier molecular flexibility index (Phi) is 4.49. The summed E-state index contributed by atoms with van der Waals surface area (Å²) in [6.45, 7) is -0.218. The number of benzene rings is 2. The van der Waals surface area contributed by atoms with E-state index in [0.717, 1.165) is 15.9 Å². The van der Waals surface area contributed by atoms with Crippen molar-refractivity contribution >= 4 is 23.3 Å². The first kappa shape index (κ1) is 17.7. The Morgan fingerprint density at radius 1 is 1.00 bits per heavy atom. The van der Waals surface area contributed by atoms with Gasteiger partial charge in [0, 0.05) is 23.7 Å². The lowest BCUT2D eigenvalue weighted by atomic mass is 10.1. The zero-order chi connectivity index (χ0) is 19.7. The fraction of sp³-hybridized carbons (Fsp3) is 0.143. The number of hydrogen-bond acceptors (Lipinski definition) is 5. The van der Waals surface area contributed by atoms with Crippen LogP contribution in [-0.2, 0) is 17.8 Å². The van der Waals surface area contributed by atoms with Gasteiger partial charge in [0.05, 0.1) is 0 Å². The van der Waals surface area contributed by atoms with Crippen molar-refractivity contribution in [2.75, 3.05) is 4.90 Å². The molecule has 3 aromatic rings. The largest absolute Gasteiger partial charge is 0.480 e. The third-order valence-corrected chi connectivity index (χ3v) is 4.75. The number of hydrogen-bond donors (Lipinski definition) is 1. The summed E-state index contributed by atoms with van der Waals surface area (Å²) in [5.41, 5.74) is 1.70. The van der Waals surface area contributed by atoms with E-state index in [1.54, 1.807) is 35.2 Å². The molecule has 4 rings (SSSR count). The SMILES string of the molecule is O=C(Cn1nc(N2c3ccccc3CC2C(=O)O)ccc1=O)c1ccccc1. The highest BCUT2D eigenvalue weighted by Gasteiger charge is 2.36. The molecule has 0 bridgehead atoms. The van der Waals surface area contributed by atoms with Crippen LogP contribution in [0.1, 0.15) is 15.9 Å². The minimum Gasteiger partial charge on any atom is -0.480 e. The molecule has 0 spiro atoms. The molecule has 7 nitrogen and oxygen atoms in total. The van der Waals surface area contributed by atoms with Crippen molar-refractivity contribution in [1.82, 2.24) is 9.78 Å². The molecule has 1 aliphatic heterocycles. The maximum absolute atomic E-state index is 12.5. The minimum absolute atomic E-state index is 0.218. The number of carboxylic acids is 1. The number of aromatic nitrogens is 2. The van der Waals surface area contributed by atoms with Crippen LogP contribution in [0.5, 0.6) is 0 Å². The smallest absolute Gasteiger partial charge is 0.327 e. The standard InChI is InChI=1S/C21H17N3O4/c25-18(14-6-2-1-3-7-14)13-23-20(26)11-10-19(22-23)24-16-9-5-4-8-15(16)12-17(24)21(27)28/h1-11,17H,12-13H2,(H,27,28). The Balaban J connectivity index is 1.71. The molecular formula is C21H17N3O4. The van der Waals surface area contributed by atoms with Gasteiger partial charge in [0.15, 0.2) is 11.6 Å². The van der Waals surface area contributed by atoms with E-state index in [4.69, 9.17) is 0 Å². The third-order valence-electron chi connectivity index (χ3n) is 4.75. The fourth-order valence-corrected chi connectivity index (χ4v) is 3.40. The van der Waals surface area contributed by atoms with E-state index in [2.05, 4.69) is 5.10 Å². The predicted octanol–water partition coefficient (Wildman–Crippen LogP) is 2.27. The van der Waals surface area contributed by atoms with Crippen molar-refractivity contribution in [2.45, 2.75) is 19.0 Å². The number of nitrogens with zero attached hydrogens (tertiary/aromatic N) is 3. The first-order valence-corrected chi connectivity index (χ1v) is 8.81. The van der Waals surface area contributed by atoms with Crippen molar-refractivity contribution < 1.29 is 14.7 Å². The third kappa shape index (κ3) is 3.18. The Labute approximate surface area is 160 Å². The minimum atomic E-state index is -0.976. The molecule has 0 amide bonds. The number of Topliss-reactive ketones (excluding diaryl/α,β-unsaturated/α-hetero) is 1. The number of fused-ring (bicyclic) bond motifs is 1. The molecule has 1 N–H and O–H groups in total. The lowest BCUT2D eigenvalue weighted by Gasteiger charge is -2.24. The Morgan fingerprint density at radius 3 is 2.46 bits per heavy atom. The van der Waals surface area contributed by atoms with Gasteiger partial charge >= 0.3 is 5.97 Å². The first-order chi connectivity index (χ1) is 13.5. The molecule has 140 valence electrons. The predicted molar refractivity (Wildman–Crippen MR) is 103 cm³/mol. The summed E-state index contributed by atoms with van der Waals surface area (Å²) in [5, 5.41) is 13.9. The average Bonchev–Trinajstić information content (AvgIpc) is 3.10. The molecule has 7 heteroatoms. The summed E-state index contributed by atoms with van der Waals surface area (Å²) in [5.74, 6) is -0.905. The molecule has 0 saturated carbocycles. The van der Waals surface area contributed by atoms with Crippen LogP contribution in [0.25, 0.3) is 0 Å². The van der Waals surface area contributed by atoms with Crippen LogP contribution in [0.4, 0.5) is 11.5 Å². The van der Waals surface area contributed by atoms with Crippen molar-refractivity contribution in [1.29, 1.82) is 0 Å². The summed E-state index contributed by atoms with van der Waals surface area (Å²) in [6.07, 6.45) is 0.343.